The average molecular weight is 457 g/mol. The Morgan fingerprint density at radius 2 is 2.19 bits per heavy atom. The number of nitrogens with zero attached hydrogens (tertiary/aromatic N) is 2. The van der Waals surface area contributed by atoms with Crippen molar-refractivity contribution in [1.29, 1.82) is 0 Å². The van der Waals surface area contributed by atoms with Crippen molar-refractivity contribution in [2.75, 3.05) is 24.2 Å². The number of nitrogens with one attached hydrogen (secondary N) is 2. The molecular formula is C16H17BrN4O3S2. The first-order valence-corrected chi connectivity index (χ1v) is 10.6. The maximum Gasteiger partial charge on any atom is 0.258 e. The van der Waals surface area contributed by atoms with Gasteiger partial charge in [-0.1, -0.05) is 35.2 Å². The van der Waals surface area contributed by atoms with E-state index < -0.39 is 0 Å². The molecule has 26 heavy (non-hydrogen) atoms. The molecule has 2 heterocycles. The lowest BCUT2D eigenvalue weighted by molar-refractivity contribution is -0.119. The maximum atomic E-state index is 12.2. The molecule has 1 saturated heterocycles. The Kier molecular flexibility index (Phi) is 7.00. The first-order chi connectivity index (χ1) is 12.6. The van der Waals surface area contributed by atoms with Crippen molar-refractivity contribution in [3.63, 3.8) is 0 Å². The number of amides is 2. The van der Waals surface area contributed by atoms with Crippen LogP contribution in [-0.4, -0.2) is 47.0 Å². The van der Waals surface area contributed by atoms with Gasteiger partial charge in [-0.3, -0.25) is 14.9 Å². The van der Waals surface area contributed by atoms with E-state index in [1.165, 1.54) is 23.1 Å². The molecule has 7 nitrogen and oxygen atoms in total. The number of benzene rings is 1. The van der Waals surface area contributed by atoms with Crippen LogP contribution in [0.3, 0.4) is 0 Å². The van der Waals surface area contributed by atoms with E-state index >= 15 is 0 Å². The molecule has 2 N–H and O–H groups in total. The zero-order valence-corrected chi connectivity index (χ0v) is 17.0. The van der Waals surface area contributed by atoms with Crippen molar-refractivity contribution in [1.82, 2.24) is 15.5 Å². The van der Waals surface area contributed by atoms with E-state index in [9.17, 15) is 9.59 Å². The number of carbonyl (C=O) groups is 2. The van der Waals surface area contributed by atoms with Crippen LogP contribution >= 0.6 is 39.0 Å². The van der Waals surface area contributed by atoms with E-state index in [1.54, 1.807) is 18.2 Å². The van der Waals surface area contributed by atoms with Crippen LogP contribution in [0.1, 0.15) is 23.2 Å². The number of rotatable bonds is 7. The summed E-state index contributed by atoms with van der Waals surface area (Å²) >= 11 is 5.87. The monoisotopic (exact) mass is 456 g/mol. The Morgan fingerprint density at radius 1 is 1.35 bits per heavy atom. The second-order valence-corrected chi connectivity index (χ2v) is 8.59. The summed E-state index contributed by atoms with van der Waals surface area (Å²) in [6.07, 6.45) is 2.17. The molecule has 0 spiro atoms. The molecule has 1 aliphatic rings. The Balaban J connectivity index is 1.44. The van der Waals surface area contributed by atoms with Crippen LogP contribution in [0, 0.1) is 0 Å². The summed E-state index contributed by atoms with van der Waals surface area (Å²) in [6, 6.07) is 7.14. The van der Waals surface area contributed by atoms with Gasteiger partial charge in [0.05, 0.1) is 17.4 Å². The normalized spacial score (nSPS) is 16.4. The molecule has 1 aromatic carbocycles. The molecule has 1 aliphatic heterocycles. The van der Waals surface area contributed by atoms with Gasteiger partial charge in [-0.15, -0.1) is 10.2 Å². The summed E-state index contributed by atoms with van der Waals surface area (Å²) in [5, 5.41) is 13.9. The summed E-state index contributed by atoms with van der Waals surface area (Å²) in [6.45, 7) is 1.32. The van der Waals surface area contributed by atoms with Crippen molar-refractivity contribution in [2.45, 2.75) is 23.3 Å². The van der Waals surface area contributed by atoms with Gasteiger partial charge in [0.2, 0.25) is 11.0 Å². The minimum absolute atomic E-state index is 0.0699. The number of anilines is 1. The van der Waals surface area contributed by atoms with Gasteiger partial charge in [0.1, 0.15) is 0 Å². The number of thioether (sulfide) groups is 1. The number of hydrogen-bond donors (Lipinski definition) is 2. The first kappa shape index (κ1) is 19.3. The van der Waals surface area contributed by atoms with Crippen LogP contribution in [0.5, 0.6) is 0 Å². The number of hydrogen-bond acceptors (Lipinski definition) is 7. The Hall–Kier alpha value is -1.49. The number of aromatic nitrogens is 2. The number of ether oxygens (including phenoxy) is 1. The van der Waals surface area contributed by atoms with Crippen LogP contribution in [0.15, 0.2) is 33.1 Å². The average Bonchev–Trinajstić information content (AvgIpc) is 3.30. The summed E-state index contributed by atoms with van der Waals surface area (Å²) < 4.78 is 6.80. The fourth-order valence-corrected chi connectivity index (χ4v) is 4.38. The molecule has 0 bridgehead atoms. The lowest BCUT2D eigenvalue weighted by Crippen LogP contribution is -2.32. The molecule has 2 aromatic rings. The molecule has 10 heteroatoms. The molecule has 1 unspecified atom stereocenters. The highest BCUT2D eigenvalue weighted by Crippen LogP contribution is 2.26. The van der Waals surface area contributed by atoms with E-state index in [2.05, 4.69) is 36.8 Å². The highest BCUT2D eigenvalue weighted by Gasteiger charge is 2.17. The molecule has 138 valence electrons. The van der Waals surface area contributed by atoms with Gasteiger partial charge < -0.3 is 10.1 Å². The van der Waals surface area contributed by atoms with E-state index in [4.69, 9.17) is 4.74 Å². The van der Waals surface area contributed by atoms with Crippen molar-refractivity contribution in [2.24, 2.45) is 0 Å². The van der Waals surface area contributed by atoms with E-state index in [0.717, 1.165) is 19.4 Å². The smallest absolute Gasteiger partial charge is 0.258 e. The van der Waals surface area contributed by atoms with Gasteiger partial charge in [-0.2, -0.15) is 0 Å². The van der Waals surface area contributed by atoms with Gasteiger partial charge in [0, 0.05) is 17.6 Å². The van der Waals surface area contributed by atoms with Gasteiger partial charge in [0.15, 0.2) is 4.34 Å². The third kappa shape index (κ3) is 5.50. The maximum absolute atomic E-state index is 12.2. The van der Waals surface area contributed by atoms with Crippen molar-refractivity contribution in [3.8, 4) is 0 Å². The highest BCUT2D eigenvalue weighted by molar-refractivity contribution is 9.10. The Labute approximate surface area is 167 Å². The third-order valence-electron chi connectivity index (χ3n) is 3.62. The predicted octanol–water partition coefficient (Wildman–Crippen LogP) is 2.94. The molecule has 2 amide bonds. The van der Waals surface area contributed by atoms with Crippen LogP contribution < -0.4 is 10.6 Å². The minimum atomic E-state index is -0.264. The van der Waals surface area contributed by atoms with Crippen LogP contribution in [0.25, 0.3) is 0 Å². The van der Waals surface area contributed by atoms with Crippen molar-refractivity contribution in [3.05, 3.63) is 34.3 Å². The zero-order chi connectivity index (χ0) is 18.4. The molecule has 1 aromatic heterocycles. The van der Waals surface area contributed by atoms with Gasteiger partial charge in [-0.25, -0.2) is 0 Å². The van der Waals surface area contributed by atoms with Gasteiger partial charge >= 0.3 is 0 Å². The lowest BCUT2D eigenvalue weighted by atomic mass is 10.2. The third-order valence-corrected chi connectivity index (χ3v) is 6.29. The second kappa shape index (κ2) is 9.45. The van der Waals surface area contributed by atoms with Gasteiger partial charge in [0.25, 0.3) is 5.91 Å². The molecule has 0 saturated carbocycles. The second-order valence-electron chi connectivity index (χ2n) is 5.53. The Morgan fingerprint density at radius 3 is 2.96 bits per heavy atom. The summed E-state index contributed by atoms with van der Waals surface area (Å²) in [4.78, 5) is 24.1. The highest BCUT2D eigenvalue weighted by atomic mass is 79.9. The summed E-state index contributed by atoms with van der Waals surface area (Å²) in [5.41, 5.74) is 0.519. The molecule has 1 fully saturated rings. The van der Waals surface area contributed by atoms with Crippen LogP contribution in [0.2, 0.25) is 0 Å². The standard InChI is InChI=1S/C16H17BrN4O3S2/c17-12-6-2-1-5-11(12)14(23)19-15-20-21-16(26-15)25-9-13(22)18-8-10-4-3-7-24-10/h1-2,5-6,10H,3-4,7-9H2,(H,18,22)(H,19,20,23). The van der Waals surface area contributed by atoms with E-state index in [0.29, 0.717) is 26.1 Å². The summed E-state index contributed by atoms with van der Waals surface area (Å²) in [5.74, 6) is -0.0847. The van der Waals surface area contributed by atoms with Crippen LogP contribution in [-0.2, 0) is 9.53 Å². The van der Waals surface area contributed by atoms with Crippen molar-refractivity contribution >= 4 is 56.0 Å². The Bertz CT molecular complexity index is 780. The van der Waals surface area contributed by atoms with Gasteiger partial charge in [-0.05, 0) is 40.9 Å². The van der Waals surface area contributed by atoms with E-state index in [1.807, 2.05) is 6.07 Å². The summed E-state index contributed by atoms with van der Waals surface area (Å²) in [7, 11) is 0. The fraction of sp³-hybridized carbons (Fsp3) is 0.375. The zero-order valence-electron chi connectivity index (χ0n) is 13.7. The minimum Gasteiger partial charge on any atom is -0.376 e. The largest absolute Gasteiger partial charge is 0.376 e. The number of halogens is 1. The molecule has 0 radical (unpaired) electrons. The predicted molar refractivity (Wildman–Crippen MR) is 105 cm³/mol. The molecule has 0 aliphatic carbocycles. The molecule has 1 atom stereocenters. The quantitative estimate of drug-likeness (QED) is 0.491. The first-order valence-electron chi connectivity index (χ1n) is 8.02. The molecule has 3 rings (SSSR count). The number of carbonyl (C=O) groups excluding carboxylic acids is 2. The van der Waals surface area contributed by atoms with Crippen molar-refractivity contribution < 1.29 is 14.3 Å². The SMILES string of the molecule is O=C(CSc1nnc(NC(=O)c2ccccc2Br)s1)NCC1CCCO1. The topological polar surface area (TPSA) is 93.2 Å². The lowest BCUT2D eigenvalue weighted by Gasteiger charge is -2.09. The molecular weight excluding hydrogens is 440 g/mol. The van der Waals surface area contributed by atoms with Crippen LogP contribution in [0.4, 0.5) is 5.13 Å². The fourth-order valence-electron chi connectivity index (χ4n) is 2.34. The van der Waals surface area contributed by atoms with E-state index in [-0.39, 0.29) is 23.7 Å².